The normalized spacial score (nSPS) is 14.4. The van der Waals surface area contributed by atoms with Crippen molar-refractivity contribution in [2.24, 2.45) is 0 Å². The maximum absolute atomic E-state index is 6.13. The SMILES string of the molecule is Nc1cccc2c1CN(c1ncncc1Cl)CC2. The molecule has 0 saturated heterocycles. The average Bonchev–Trinajstić information content (AvgIpc) is 2.40. The molecule has 0 unspecified atom stereocenters. The zero-order chi connectivity index (χ0) is 12.5. The summed E-state index contributed by atoms with van der Waals surface area (Å²) >= 11 is 6.13. The molecule has 1 aliphatic heterocycles. The fourth-order valence-electron chi connectivity index (χ4n) is 2.33. The van der Waals surface area contributed by atoms with E-state index in [0.29, 0.717) is 5.02 Å². The number of benzene rings is 1. The van der Waals surface area contributed by atoms with Gasteiger partial charge in [-0.15, -0.1) is 0 Å². The molecule has 5 heteroatoms. The molecule has 18 heavy (non-hydrogen) atoms. The van der Waals surface area contributed by atoms with Crippen LogP contribution in [-0.2, 0) is 13.0 Å². The second-order valence-electron chi connectivity index (χ2n) is 4.35. The van der Waals surface area contributed by atoms with Gasteiger partial charge in [0.05, 0.1) is 6.20 Å². The second kappa shape index (κ2) is 4.46. The summed E-state index contributed by atoms with van der Waals surface area (Å²) in [5.74, 6) is 0.778. The Hall–Kier alpha value is -1.81. The van der Waals surface area contributed by atoms with Crippen molar-refractivity contribution in [3.8, 4) is 0 Å². The van der Waals surface area contributed by atoms with E-state index in [1.165, 1.54) is 17.5 Å². The summed E-state index contributed by atoms with van der Waals surface area (Å²) < 4.78 is 0. The summed E-state index contributed by atoms with van der Waals surface area (Å²) in [7, 11) is 0. The summed E-state index contributed by atoms with van der Waals surface area (Å²) in [6.07, 6.45) is 4.10. The zero-order valence-electron chi connectivity index (χ0n) is 9.81. The Kier molecular flexibility index (Phi) is 2.80. The largest absolute Gasteiger partial charge is 0.398 e. The molecule has 1 aromatic carbocycles. The van der Waals surface area contributed by atoms with E-state index < -0.39 is 0 Å². The Morgan fingerprint density at radius 2 is 2.22 bits per heavy atom. The van der Waals surface area contributed by atoms with Gasteiger partial charge < -0.3 is 10.6 Å². The number of rotatable bonds is 1. The number of fused-ring (bicyclic) bond motifs is 1. The molecule has 0 spiro atoms. The predicted molar refractivity (Wildman–Crippen MR) is 72.7 cm³/mol. The smallest absolute Gasteiger partial charge is 0.151 e. The van der Waals surface area contributed by atoms with E-state index in [0.717, 1.165) is 31.0 Å². The van der Waals surface area contributed by atoms with Crippen molar-refractivity contribution in [2.45, 2.75) is 13.0 Å². The second-order valence-corrected chi connectivity index (χ2v) is 4.76. The highest BCUT2D eigenvalue weighted by atomic mass is 35.5. The summed E-state index contributed by atoms with van der Waals surface area (Å²) in [4.78, 5) is 10.3. The van der Waals surface area contributed by atoms with Crippen molar-refractivity contribution >= 4 is 23.1 Å². The third kappa shape index (κ3) is 1.88. The van der Waals surface area contributed by atoms with Crippen LogP contribution in [0.3, 0.4) is 0 Å². The lowest BCUT2D eigenvalue weighted by molar-refractivity contribution is 0.721. The lowest BCUT2D eigenvalue weighted by atomic mass is 9.98. The fourth-order valence-corrected chi connectivity index (χ4v) is 2.55. The third-order valence-corrected chi connectivity index (χ3v) is 3.52. The number of nitrogens with zero attached hydrogens (tertiary/aromatic N) is 3. The maximum atomic E-state index is 6.13. The zero-order valence-corrected chi connectivity index (χ0v) is 10.6. The number of anilines is 2. The minimum atomic E-state index is 0.579. The van der Waals surface area contributed by atoms with Gasteiger partial charge in [-0.3, -0.25) is 0 Å². The minimum Gasteiger partial charge on any atom is -0.398 e. The molecule has 4 nitrogen and oxygen atoms in total. The highest BCUT2D eigenvalue weighted by molar-refractivity contribution is 6.32. The highest BCUT2D eigenvalue weighted by Crippen LogP contribution is 2.29. The molecule has 2 aromatic rings. The molecule has 2 heterocycles. The van der Waals surface area contributed by atoms with E-state index >= 15 is 0 Å². The van der Waals surface area contributed by atoms with Crippen molar-refractivity contribution in [1.29, 1.82) is 0 Å². The Morgan fingerprint density at radius 3 is 3.06 bits per heavy atom. The Balaban J connectivity index is 1.96. The van der Waals surface area contributed by atoms with Crippen LogP contribution >= 0.6 is 11.6 Å². The number of hydrogen-bond donors (Lipinski definition) is 1. The van der Waals surface area contributed by atoms with Crippen molar-refractivity contribution in [2.75, 3.05) is 17.2 Å². The fraction of sp³-hybridized carbons (Fsp3) is 0.231. The Labute approximate surface area is 110 Å². The standard InChI is InChI=1S/C13H13ClN4/c14-11-6-16-8-17-13(11)18-5-4-9-2-1-3-12(15)10(9)7-18/h1-3,6,8H,4-5,7,15H2. The molecule has 0 fully saturated rings. The van der Waals surface area contributed by atoms with Gasteiger partial charge in [-0.1, -0.05) is 23.7 Å². The first-order chi connectivity index (χ1) is 8.75. The molecule has 0 saturated carbocycles. The average molecular weight is 261 g/mol. The quantitative estimate of drug-likeness (QED) is 0.800. The lowest BCUT2D eigenvalue weighted by Crippen LogP contribution is -2.31. The molecule has 3 rings (SSSR count). The molecule has 92 valence electrons. The predicted octanol–water partition coefficient (Wildman–Crippen LogP) is 2.27. The van der Waals surface area contributed by atoms with Crippen molar-refractivity contribution < 1.29 is 0 Å². The summed E-state index contributed by atoms with van der Waals surface area (Å²) in [6, 6.07) is 6.07. The van der Waals surface area contributed by atoms with Crippen LogP contribution in [0.15, 0.2) is 30.7 Å². The molecule has 1 aliphatic rings. The Bertz CT molecular complexity index is 585. The first-order valence-corrected chi connectivity index (χ1v) is 6.20. The number of hydrogen-bond acceptors (Lipinski definition) is 4. The lowest BCUT2D eigenvalue weighted by Gasteiger charge is -2.30. The van der Waals surface area contributed by atoms with E-state index in [-0.39, 0.29) is 0 Å². The molecular formula is C13H13ClN4. The molecular weight excluding hydrogens is 248 g/mol. The van der Waals surface area contributed by atoms with Crippen LogP contribution in [0.2, 0.25) is 5.02 Å². The van der Waals surface area contributed by atoms with Gasteiger partial charge >= 0.3 is 0 Å². The van der Waals surface area contributed by atoms with Crippen LogP contribution in [-0.4, -0.2) is 16.5 Å². The van der Waals surface area contributed by atoms with Crippen LogP contribution in [0, 0.1) is 0 Å². The van der Waals surface area contributed by atoms with Crippen molar-refractivity contribution in [3.05, 3.63) is 46.9 Å². The highest BCUT2D eigenvalue weighted by Gasteiger charge is 2.20. The Morgan fingerprint density at radius 1 is 1.33 bits per heavy atom. The van der Waals surface area contributed by atoms with Crippen molar-refractivity contribution in [1.82, 2.24) is 9.97 Å². The van der Waals surface area contributed by atoms with E-state index in [4.69, 9.17) is 17.3 Å². The van der Waals surface area contributed by atoms with Gasteiger partial charge in [-0.25, -0.2) is 9.97 Å². The number of nitrogen functional groups attached to an aromatic ring is 1. The van der Waals surface area contributed by atoms with Crippen LogP contribution in [0.25, 0.3) is 0 Å². The van der Waals surface area contributed by atoms with E-state index in [2.05, 4.69) is 20.9 Å². The van der Waals surface area contributed by atoms with Crippen LogP contribution < -0.4 is 10.6 Å². The van der Waals surface area contributed by atoms with Gasteiger partial charge in [0.25, 0.3) is 0 Å². The summed E-state index contributed by atoms with van der Waals surface area (Å²) in [5.41, 5.74) is 9.36. The minimum absolute atomic E-state index is 0.579. The van der Waals surface area contributed by atoms with Crippen LogP contribution in [0.4, 0.5) is 11.5 Å². The van der Waals surface area contributed by atoms with E-state index in [9.17, 15) is 0 Å². The molecule has 0 amide bonds. The van der Waals surface area contributed by atoms with Crippen molar-refractivity contribution in [3.63, 3.8) is 0 Å². The maximum Gasteiger partial charge on any atom is 0.151 e. The van der Waals surface area contributed by atoms with Gasteiger partial charge in [0, 0.05) is 18.8 Å². The molecule has 0 bridgehead atoms. The summed E-state index contributed by atoms with van der Waals surface area (Å²) in [6.45, 7) is 1.64. The number of aromatic nitrogens is 2. The van der Waals surface area contributed by atoms with Gasteiger partial charge in [-0.2, -0.15) is 0 Å². The first kappa shape index (κ1) is 11.3. The van der Waals surface area contributed by atoms with Gasteiger partial charge in [0.1, 0.15) is 11.3 Å². The topological polar surface area (TPSA) is 55.0 Å². The van der Waals surface area contributed by atoms with Gasteiger partial charge in [0.2, 0.25) is 0 Å². The monoisotopic (exact) mass is 260 g/mol. The third-order valence-electron chi connectivity index (χ3n) is 3.26. The van der Waals surface area contributed by atoms with Gasteiger partial charge in [0.15, 0.2) is 5.82 Å². The molecule has 1 aromatic heterocycles. The molecule has 0 aliphatic carbocycles. The molecule has 0 atom stereocenters. The number of halogens is 1. The first-order valence-electron chi connectivity index (χ1n) is 5.82. The van der Waals surface area contributed by atoms with Crippen LogP contribution in [0.5, 0.6) is 0 Å². The van der Waals surface area contributed by atoms with E-state index in [1.54, 1.807) is 6.20 Å². The number of nitrogens with two attached hydrogens (primary N) is 1. The molecule has 0 radical (unpaired) electrons. The van der Waals surface area contributed by atoms with E-state index in [1.807, 2.05) is 12.1 Å². The summed E-state index contributed by atoms with van der Waals surface area (Å²) in [5, 5.41) is 0.579. The van der Waals surface area contributed by atoms with Crippen LogP contribution in [0.1, 0.15) is 11.1 Å². The van der Waals surface area contributed by atoms with Gasteiger partial charge in [-0.05, 0) is 23.6 Å². The molecule has 2 N–H and O–H groups in total.